The number of ether oxygens (including phenoxy) is 1. The number of hydrogen-bond acceptors (Lipinski definition) is 4. The van der Waals surface area contributed by atoms with Crippen LogP contribution in [0.5, 0.6) is 0 Å². The van der Waals surface area contributed by atoms with Crippen LogP contribution in [-0.4, -0.2) is 25.5 Å². The predicted octanol–water partition coefficient (Wildman–Crippen LogP) is 3.08. The topological polar surface area (TPSA) is 67.4 Å². The lowest BCUT2D eigenvalue weighted by atomic mass is 9.88. The minimum Gasteiger partial charge on any atom is -0.452 e. The second kappa shape index (κ2) is 7.83. The number of carbonyl (C=O) groups excluding carboxylic acids is 2. The number of para-hydroxylation sites is 1. The first kappa shape index (κ1) is 17.0. The second-order valence-electron chi connectivity index (χ2n) is 6.08. The van der Waals surface area contributed by atoms with Gasteiger partial charge in [0.1, 0.15) is 0 Å². The Morgan fingerprint density at radius 1 is 1.12 bits per heavy atom. The monoisotopic (exact) mass is 338 g/mol. The zero-order valence-corrected chi connectivity index (χ0v) is 14.2. The van der Waals surface area contributed by atoms with Crippen LogP contribution in [0.25, 0.3) is 0 Å². The number of nitrogens with one attached hydrogen (secondary N) is 2. The zero-order chi connectivity index (χ0) is 17.6. The molecule has 0 fully saturated rings. The number of hydrogen-bond donors (Lipinski definition) is 2. The van der Waals surface area contributed by atoms with Crippen molar-refractivity contribution in [3.8, 4) is 0 Å². The molecule has 3 rings (SSSR count). The molecule has 0 radical (unpaired) electrons. The van der Waals surface area contributed by atoms with Gasteiger partial charge in [-0.1, -0.05) is 36.4 Å². The lowest BCUT2D eigenvalue weighted by Crippen LogP contribution is -2.34. The number of amides is 1. The number of carbonyl (C=O) groups is 2. The molecule has 0 heterocycles. The highest BCUT2D eigenvalue weighted by Gasteiger charge is 2.22. The summed E-state index contributed by atoms with van der Waals surface area (Å²) in [7, 11) is 1.74. The Kier molecular flexibility index (Phi) is 5.33. The lowest BCUT2D eigenvalue weighted by molar-refractivity contribution is -0.125. The molecule has 0 unspecified atom stereocenters. The number of anilines is 1. The molecule has 0 bridgehead atoms. The van der Waals surface area contributed by atoms with Crippen LogP contribution in [0, 0.1) is 0 Å². The maximum Gasteiger partial charge on any atom is 0.340 e. The summed E-state index contributed by atoms with van der Waals surface area (Å²) in [5.74, 6) is -0.791. The van der Waals surface area contributed by atoms with Gasteiger partial charge >= 0.3 is 5.97 Å². The molecule has 0 aromatic heterocycles. The van der Waals surface area contributed by atoms with Crippen LogP contribution in [-0.2, 0) is 16.0 Å². The van der Waals surface area contributed by atoms with Crippen molar-refractivity contribution in [2.75, 3.05) is 19.0 Å². The summed E-state index contributed by atoms with van der Waals surface area (Å²) in [6.07, 6.45) is 2.98. The molecule has 130 valence electrons. The van der Waals surface area contributed by atoms with Crippen molar-refractivity contribution in [3.63, 3.8) is 0 Å². The number of aryl methyl sites for hydroxylation is 1. The van der Waals surface area contributed by atoms with Crippen LogP contribution in [0.2, 0.25) is 0 Å². The van der Waals surface area contributed by atoms with E-state index in [4.69, 9.17) is 4.74 Å². The van der Waals surface area contributed by atoms with Gasteiger partial charge in [0.15, 0.2) is 6.61 Å². The molecule has 0 aliphatic heterocycles. The number of rotatable bonds is 5. The average Bonchev–Trinajstić information content (AvgIpc) is 2.66. The third-order valence-electron chi connectivity index (χ3n) is 4.46. The van der Waals surface area contributed by atoms with E-state index >= 15 is 0 Å². The molecule has 1 aliphatic carbocycles. The summed E-state index contributed by atoms with van der Waals surface area (Å²) in [5.41, 5.74) is 3.53. The summed E-state index contributed by atoms with van der Waals surface area (Å²) in [5, 5.41) is 5.92. The molecule has 0 saturated carbocycles. The highest BCUT2D eigenvalue weighted by molar-refractivity contribution is 5.96. The van der Waals surface area contributed by atoms with Crippen LogP contribution in [0.3, 0.4) is 0 Å². The minimum absolute atomic E-state index is 0.0132. The molecule has 1 atom stereocenters. The van der Waals surface area contributed by atoms with Crippen LogP contribution in [0.1, 0.15) is 40.4 Å². The smallest absolute Gasteiger partial charge is 0.340 e. The van der Waals surface area contributed by atoms with Crippen molar-refractivity contribution in [2.45, 2.75) is 25.3 Å². The molecule has 2 aromatic rings. The standard InChI is InChI=1S/C20H22N2O3/c1-21-17-11-5-4-10-16(17)20(24)25-13-19(23)22-18-12-6-8-14-7-2-3-9-15(14)18/h2-5,7,9-11,18,21H,6,8,12-13H2,1H3,(H,22,23)/t18-/m0/s1. The number of fused-ring (bicyclic) bond motifs is 1. The predicted molar refractivity (Wildman–Crippen MR) is 96.5 cm³/mol. The van der Waals surface area contributed by atoms with Crippen LogP contribution < -0.4 is 10.6 Å². The average molecular weight is 338 g/mol. The molecule has 2 aromatic carbocycles. The molecule has 2 N–H and O–H groups in total. The molecular weight excluding hydrogens is 316 g/mol. The maximum absolute atomic E-state index is 12.2. The van der Waals surface area contributed by atoms with Crippen molar-refractivity contribution >= 4 is 17.6 Å². The van der Waals surface area contributed by atoms with Gasteiger partial charge in [0.25, 0.3) is 5.91 Å². The summed E-state index contributed by atoms with van der Waals surface area (Å²) in [4.78, 5) is 24.4. The Balaban J connectivity index is 1.58. The number of benzene rings is 2. The van der Waals surface area contributed by atoms with E-state index in [2.05, 4.69) is 22.8 Å². The van der Waals surface area contributed by atoms with E-state index in [1.807, 2.05) is 18.2 Å². The highest BCUT2D eigenvalue weighted by Crippen LogP contribution is 2.29. The maximum atomic E-state index is 12.2. The third-order valence-corrected chi connectivity index (χ3v) is 4.46. The Labute approximate surface area is 147 Å². The van der Waals surface area contributed by atoms with E-state index in [1.165, 1.54) is 5.56 Å². The van der Waals surface area contributed by atoms with Crippen molar-refractivity contribution in [1.29, 1.82) is 0 Å². The molecule has 0 spiro atoms. The van der Waals surface area contributed by atoms with Crippen LogP contribution in [0.4, 0.5) is 5.69 Å². The molecule has 1 aliphatic rings. The molecule has 5 heteroatoms. The van der Waals surface area contributed by atoms with E-state index < -0.39 is 5.97 Å². The van der Waals surface area contributed by atoms with Crippen molar-refractivity contribution in [2.24, 2.45) is 0 Å². The van der Waals surface area contributed by atoms with Gasteiger partial charge in [-0.3, -0.25) is 4.79 Å². The van der Waals surface area contributed by atoms with E-state index in [-0.39, 0.29) is 18.6 Å². The van der Waals surface area contributed by atoms with Crippen LogP contribution >= 0.6 is 0 Å². The summed E-state index contributed by atoms with van der Waals surface area (Å²) in [6.45, 7) is -0.282. The van der Waals surface area contributed by atoms with E-state index in [9.17, 15) is 9.59 Å². The largest absolute Gasteiger partial charge is 0.452 e. The van der Waals surface area contributed by atoms with Crippen molar-refractivity contribution in [3.05, 3.63) is 65.2 Å². The van der Waals surface area contributed by atoms with Gasteiger partial charge in [-0.2, -0.15) is 0 Å². The minimum atomic E-state index is -0.510. The van der Waals surface area contributed by atoms with Gasteiger partial charge in [-0.05, 0) is 42.5 Å². The van der Waals surface area contributed by atoms with Crippen LogP contribution in [0.15, 0.2) is 48.5 Å². The van der Waals surface area contributed by atoms with Gasteiger partial charge in [-0.15, -0.1) is 0 Å². The first-order chi connectivity index (χ1) is 12.2. The molecule has 0 saturated heterocycles. The van der Waals surface area contributed by atoms with Crippen molar-refractivity contribution in [1.82, 2.24) is 5.32 Å². The van der Waals surface area contributed by atoms with Crippen molar-refractivity contribution < 1.29 is 14.3 Å². The highest BCUT2D eigenvalue weighted by atomic mass is 16.5. The van der Waals surface area contributed by atoms with E-state index in [0.717, 1.165) is 24.8 Å². The molecule has 5 nitrogen and oxygen atoms in total. The van der Waals surface area contributed by atoms with E-state index in [0.29, 0.717) is 11.3 Å². The van der Waals surface area contributed by atoms with E-state index in [1.54, 1.807) is 25.2 Å². The fourth-order valence-electron chi connectivity index (χ4n) is 3.23. The normalized spacial score (nSPS) is 15.8. The Hall–Kier alpha value is -2.82. The molecule has 25 heavy (non-hydrogen) atoms. The Morgan fingerprint density at radius 3 is 2.72 bits per heavy atom. The Bertz CT molecular complexity index is 773. The van der Waals surface area contributed by atoms with Gasteiger partial charge in [0.2, 0.25) is 0 Å². The first-order valence-corrected chi connectivity index (χ1v) is 8.50. The van der Waals surface area contributed by atoms with Gasteiger partial charge < -0.3 is 15.4 Å². The zero-order valence-electron chi connectivity index (χ0n) is 14.2. The van der Waals surface area contributed by atoms with Gasteiger partial charge in [0.05, 0.1) is 11.6 Å². The summed E-state index contributed by atoms with van der Waals surface area (Å²) in [6, 6.07) is 15.2. The Morgan fingerprint density at radius 2 is 1.88 bits per heavy atom. The summed E-state index contributed by atoms with van der Waals surface area (Å²) >= 11 is 0. The SMILES string of the molecule is CNc1ccccc1C(=O)OCC(=O)N[C@H]1CCCc2ccccc21. The molecule has 1 amide bonds. The van der Waals surface area contributed by atoms with Gasteiger partial charge in [-0.25, -0.2) is 4.79 Å². The molecular formula is C20H22N2O3. The fraction of sp³-hybridized carbons (Fsp3) is 0.300. The quantitative estimate of drug-likeness (QED) is 0.822. The fourth-order valence-corrected chi connectivity index (χ4v) is 3.23. The second-order valence-corrected chi connectivity index (χ2v) is 6.08. The number of esters is 1. The van der Waals surface area contributed by atoms with Gasteiger partial charge in [0, 0.05) is 12.7 Å². The summed E-state index contributed by atoms with van der Waals surface area (Å²) < 4.78 is 5.17. The third kappa shape index (κ3) is 3.99. The first-order valence-electron chi connectivity index (χ1n) is 8.50. The lowest BCUT2D eigenvalue weighted by Gasteiger charge is -2.26.